The van der Waals surface area contributed by atoms with Gasteiger partial charge in [0.25, 0.3) is 5.91 Å². The fraction of sp³-hybridized carbons (Fsp3) is 0.417. The van der Waals surface area contributed by atoms with Gasteiger partial charge in [-0.2, -0.15) is 5.48 Å². The number of hydrogen-bond donors (Lipinski definition) is 3. The standard InChI is InChI=1S/C24H27F2N3O8/c1-13(2)37-24(34)35-12-36-28-7-5-14-6-8-29-11-17(21(31)22(32)19(29)20(14)30)23(33)27-10-15-3-4-16(25)9-18(15)26/h3-4,9,11,13-14,28,32H,5-8,10,12H2,1-2H3,(H,27,33). The van der Waals surface area contributed by atoms with E-state index in [2.05, 4.69) is 15.5 Å². The maximum Gasteiger partial charge on any atom is 0.510 e. The van der Waals surface area contributed by atoms with E-state index in [0.29, 0.717) is 18.9 Å². The van der Waals surface area contributed by atoms with Crippen molar-refractivity contribution in [3.05, 3.63) is 63.1 Å². The molecule has 0 fully saturated rings. The number of ether oxygens (including phenoxy) is 2. The van der Waals surface area contributed by atoms with Crippen molar-refractivity contribution in [1.82, 2.24) is 15.4 Å². The number of benzene rings is 1. The Morgan fingerprint density at radius 3 is 2.70 bits per heavy atom. The number of carbonyl (C=O) groups is 3. The maximum atomic E-state index is 13.8. The summed E-state index contributed by atoms with van der Waals surface area (Å²) in [6.07, 6.45) is 0.633. The fourth-order valence-electron chi connectivity index (χ4n) is 3.73. The minimum Gasteiger partial charge on any atom is -0.503 e. The number of aromatic hydroxyl groups is 1. The van der Waals surface area contributed by atoms with E-state index >= 15 is 0 Å². The van der Waals surface area contributed by atoms with Crippen LogP contribution >= 0.6 is 0 Å². The van der Waals surface area contributed by atoms with Crippen molar-refractivity contribution in [2.24, 2.45) is 5.92 Å². The molecule has 1 amide bonds. The number of ketones is 1. The maximum absolute atomic E-state index is 13.8. The lowest BCUT2D eigenvalue weighted by molar-refractivity contribution is -0.0899. The first kappa shape index (κ1) is 27.7. The highest BCUT2D eigenvalue weighted by atomic mass is 19.1. The van der Waals surface area contributed by atoms with Crippen LogP contribution in [0.4, 0.5) is 13.6 Å². The first-order chi connectivity index (χ1) is 17.6. The van der Waals surface area contributed by atoms with E-state index in [1.165, 1.54) is 10.8 Å². The summed E-state index contributed by atoms with van der Waals surface area (Å²) < 4.78 is 37.6. The summed E-state index contributed by atoms with van der Waals surface area (Å²) in [4.78, 5) is 54.3. The average Bonchev–Trinajstić information content (AvgIpc) is 2.83. The summed E-state index contributed by atoms with van der Waals surface area (Å²) in [6, 6.07) is 2.86. The van der Waals surface area contributed by atoms with Crippen molar-refractivity contribution in [2.75, 3.05) is 13.3 Å². The molecule has 1 atom stereocenters. The Balaban J connectivity index is 1.57. The zero-order valence-corrected chi connectivity index (χ0v) is 20.2. The third kappa shape index (κ3) is 7.11. The van der Waals surface area contributed by atoms with Crippen LogP contribution in [0.1, 0.15) is 53.1 Å². The molecule has 0 aliphatic carbocycles. The number of pyridine rings is 1. The molecule has 0 radical (unpaired) electrons. The molecular formula is C24H27F2N3O8. The predicted octanol–water partition coefficient (Wildman–Crippen LogP) is 2.40. The van der Waals surface area contributed by atoms with Gasteiger partial charge in [0, 0.05) is 43.4 Å². The molecule has 2 aromatic rings. The highest BCUT2D eigenvalue weighted by Gasteiger charge is 2.32. The Hall–Kier alpha value is -3.84. The SMILES string of the molecule is CC(C)OC(=O)OCONCCC1CCn2cc(C(=O)NCc3ccc(F)cc3F)c(=O)c(O)c2C1=O. The number of aryl methyl sites for hydroxylation is 1. The number of nitrogens with one attached hydrogen (secondary N) is 2. The minimum absolute atomic E-state index is 0.00898. The molecule has 1 aromatic carbocycles. The van der Waals surface area contributed by atoms with Gasteiger partial charge in [0.15, 0.2) is 11.5 Å². The molecule has 1 aromatic heterocycles. The van der Waals surface area contributed by atoms with Crippen LogP contribution in [0, 0.1) is 17.6 Å². The van der Waals surface area contributed by atoms with E-state index in [1.54, 1.807) is 13.8 Å². The lowest BCUT2D eigenvalue weighted by Crippen LogP contribution is -2.35. The molecule has 11 nitrogen and oxygen atoms in total. The molecule has 1 aliphatic rings. The molecule has 13 heteroatoms. The molecule has 1 unspecified atom stereocenters. The molecule has 200 valence electrons. The number of carbonyl (C=O) groups excluding carboxylic acids is 3. The van der Waals surface area contributed by atoms with Gasteiger partial charge >= 0.3 is 6.16 Å². The molecule has 0 saturated carbocycles. The summed E-state index contributed by atoms with van der Waals surface area (Å²) in [5, 5.41) is 12.8. The number of hydroxylamine groups is 1. The van der Waals surface area contributed by atoms with Crippen molar-refractivity contribution < 1.29 is 42.6 Å². The van der Waals surface area contributed by atoms with Gasteiger partial charge < -0.3 is 24.5 Å². The molecule has 3 rings (SSSR count). The summed E-state index contributed by atoms with van der Waals surface area (Å²) in [5.41, 5.74) is 0.904. The van der Waals surface area contributed by atoms with Gasteiger partial charge in [-0.1, -0.05) is 6.07 Å². The van der Waals surface area contributed by atoms with Crippen LogP contribution in [0.2, 0.25) is 0 Å². The Bertz CT molecular complexity index is 1230. The molecule has 0 spiro atoms. The number of nitrogens with zero attached hydrogens (tertiary/aromatic N) is 1. The summed E-state index contributed by atoms with van der Waals surface area (Å²) in [6.45, 7) is 3.08. The smallest absolute Gasteiger partial charge is 0.503 e. The highest BCUT2D eigenvalue weighted by Crippen LogP contribution is 2.27. The second kappa shape index (κ2) is 12.4. The Morgan fingerprint density at radius 1 is 1.24 bits per heavy atom. The lowest BCUT2D eigenvalue weighted by Gasteiger charge is -2.26. The molecular weight excluding hydrogens is 496 g/mol. The molecule has 2 heterocycles. The largest absolute Gasteiger partial charge is 0.510 e. The zero-order chi connectivity index (χ0) is 27.1. The summed E-state index contributed by atoms with van der Waals surface area (Å²) in [5.74, 6) is -4.36. The van der Waals surface area contributed by atoms with Crippen LogP contribution in [-0.4, -0.2) is 47.0 Å². The molecule has 0 bridgehead atoms. The number of amides is 1. The highest BCUT2D eigenvalue weighted by molar-refractivity contribution is 6.01. The predicted molar refractivity (Wildman–Crippen MR) is 124 cm³/mol. The van der Waals surface area contributed by atoms with E-state index < -0.39 is 58.9 Å². The molecule has 37 heavy (non-hydrogen) atoms. The van der Waals surface area contributed by atoms with Crippen molar-refractivity contribution in [3.8, 4) is 5.75 Å². The number of rotatable bonds is 10. The quantitative estimate of drug-likeness (QED) is 0.185. The van der Waals surface area contributed by atoms with E-state index in [9.17, 15) is 33.1 Å². The number of aromatic nitrogens is 1. The van der Waals surface area contributed by atoms with Crippen molar-refractivity contribution in [1.29, 1.82) is 0 Å². The van der Waals surface area contributed by atoms with Gasteiger partial charge in [0.2, 0.25) is 12.2 Å². The van der Waals surface area contributed by atoms with Crippen LogP contribution in [0.15, 0.2) is 29.2 Å². The summed E-state index contributed by atoms with van der Waals surface area (Å²) >= 11 is 0. The van der Waals surface area contributed by atoms with Gasteiger partial charge in [-0.3, -0.25) is 19.2 Å². The van der Waals surface area contributed by atoms with E-state index in [0.717, 1.165) is 12.1 Å². The topological polar surface area (TPSA) is 145 Å². The van der Waals surface area contributed by atoms with Gasteiger partial charge in [-0.15, -0.1) is 0 Å². The molecule has 1 aliphatic heterocycles. The first-order valence-electron chi connectivity index (χ1n) is 11.5. The Kier molecular flexibility index (Phi) is 9.31. The fourth-order valence-corrected chi connectivity index (χ4v) is 3.73. The third-order valence-corrected chi connectivity index (χ3v) is 5.54. The van der Waals surface area contributed by atoms with Gasteiger partial charge in [0.1, 0.15) is 22.9 Å². The van der Waals surface area contributed by atoms with Crippen LogP contribution in [0.25, 0.3) is 0 Å². The van der Waals surface area contributed by atoms with E-state index in [-0.39, 0.29) is 37.0 Å². The Morgan fingerprint density at radius 2 is 2.00 bits per heavy atom. The van der Waals surface area contributed by atoms with E-state index in [4.69, 9.17) is 9.57 Å². The normalized spacial score (nSPS) is 14.8. The average molecular weight is 523 g/mol. The number of halogens is 2. The number of hydrogen-bond acceptors (Lipinski definition) is 9. The first-order valence-corrected chi connectivity index (χ1v) is 11.5. The van der Waals surface area contributed by atoms with Gasteiger partial charge in [-0.25, -0.2) is 13.6 Å². The van der Waals surface area contributed by atoms with Gasteiger partial charge in [-0.05, 0) is 32.8 Å². The third-order valence-electron chi connectivity index (χ3n) is 5.54. The number of fused-ring (bicyclic) bond motifs is 1. The number of Topliss-reactive ketones (excluding diaryl/α,β-unsaturated/α-hetero) is 1. The minimum atomic E-state index is -1.04. The Labute approximate surface area is 210 Å². The molecule has 0 saturated heterocycles. The van der Waals surface area contributed by atoms with Crippen molar-refractivity contribution in [2.45, 2.75) is 45.9 Å². The van der Waals surface area contributed by atoms with Crippen LogP contribution in [0.5, 0.6) is 5.75 Å². The lowest BCUT2D eigenvalue weighted by atomic mass is 9.90. The van der Waals surface area contributed by atoms with Crippen LogP contribution < -0.4 is 16.2 Å². The second-order valence-electron chi connectivity index (χ2n) is 8.54. The van der Waals surface area contributed by atoms with Crippen molar-refractivity contribution in [3.63, 3.8) is 0 Å². The van der Waals surface area contributed by atoms with Crippen LogP contribution in [-0.2, 0) is 27.4 Å². The van der Waals surface area contributed by atoms with Gasteiger partial charge in [0.05, 0.1) is 6.10 Å². The summed E-state index contributed by atoms with van der Waals surface area (Å²) in [7, 11) is 0. The van der Waals surface area contributed by atoms with Crippen LogP contribution in [0.3, 0.4) is 0 Å². The zero-order valence-electron chi connectivity index (χ0n) is 20.2. The second-order valence-corrected chi connectivity index (χ2v) is 8.54. The van der Waals surface area contributed by atoms with E-state index in [1.807, 2.05) is 0 Å². The van der Waals surface area contributed by atoms with Crippen molar-refractivity contribution >= 4 is 17.8 Å². The monoisotopic (exact) mass is 523 g/mol. The molecule has 3 N–H and O–H groups in total.